The summed E-state index contributed by atoms with van der Waals surface area (Å²) in [4.78, 5) is 148. The van der Waals surface area contributed by atoms with Crippen molar-refractivity contribution in [2.24, 2.45) is 10.8 Å². The molecule has 2 fully saturated rings. The summed E-state index contributed by atoms with van der Waals surface area (Å²) in [7, 11) is 3.23. The molecule has 594 valence electrons. The van der Waals surface area contributed by atoms with Gasteiger partial charge in [0.2, 0.25) is 47.3 Å². The lowest BCUT2D eigenvalue weighted by atomic mass is 9.85. The van der Waals surface area contributed by atoms with E-state index in [0.29, 0.717) is 45.1 Å². The van der Waals surface area contributed by atoms with E-state index < -0.39 is 142 Å². The third-order valence-electron chi connectivity index (χ3n) is 21.1. The Bertz CT molecular complexity index is 5030. The molecule has 3 aromatic heterocycles. The van der Waals surface area contributed by atoms with Crippen molar-refractivity contribution in [3.63, 3.8) is 0 Å². The van der Waals surface area contributed by atoms with E-state index in [1.54, 1.807) is 130 Å². The van der Waals surface area contributed by atoms with Crippen molar-refractivity contribution in [3.05, 3.63) is 196 Å². The van der Waals surface area contributed by atoms with Gasteiger partial charge >= 0.3 is 11.6 Å². The molecule has 12 bridgehead atoms. The Balaban J connectivity index is 0.883. The largest absolute Gasteiger partial charge is 0.487 e. The van der Waals surface area contributed by atoms with E-state index in [0.717, 1.165) is 21.5 Å². The Morgan fingerprint density at radius 2 is 0.965 bits per heavy atom. The zero-order chi connectivity index (χ0) is 80.6. The van der Waals surface area contributed by atoms with Crippen molar-refractivity contribution in [3.8, 4) is 11.5 Å². The first-order chi connectivity index (χ1) is 54.0. The van der Waals surface area contributed by atoms with Crippen LogP contribution in [0.15, 0.2) is 155 Å². The Morgan fingerprint density at radius 1 is 0.540 bits per heavy atom. The lowest BCUT2D eigenvalue weighted by Crippen LogP contribution is -2.60. The molecule has 0 saturated carbocycles. The number of aromatic amines is 1. The molecule has 8 amide bonds. The minimum atomic E-state index is -1.52. The van der Waals surface area contributed by atoms with E-state index in [1.807, 2.05) is 84.9 Å². The number of ether oxygens (including phenoxy) is 2. The minimum absolute atomic E-state index is 0.0240. The number of fused-ring (bicyclic) bond motifs is 2. The number of carboxylic acids is 1. The molecule has 0 unspecified atom stereocenters. The number of nitrogens with zero attached hydrogens (tertiary/aromatic N) is 9. The number of nitrogens with one attached hydrogen (secondary N) is 9. The molecule has 0 aliphatic carbocycles. The van der Waals surface area contributed by atoms with E-state index in [9.17, 15) is 29.1 Å². The average Bonchev–Trinajstić information content (AvgIpc) is 1.00. The summed E-state index contributed by atoms with van der Waals surface area (Å²) in [5.74, 6) is -5.65. The third-order valence-corrected chi connectivity index (χ3v) is 21.1. The van der Waals surface area contributed by atoms with Crippen molar-refractivity contribution in [1.29, 1.82) is 0 Å². The maximum absolute atomic E-state index is 15.5. The fourth-order valence-electron chi connectivity index (χ4n) is 14.3. The highest BCUT2D eigenvalue weighted by Crippen LogP contribution is 2.35. The number of likely N-dealkylation sites (N-methyl/N-ethyl adjacent to an activating group) is 2. The van der Waals surface area contributed by atoms with Crippen molar-refractivity contribution in [2.75, 3.05) is 27.2 Å². The van der Waals surface area contributed by atoms with E-state index in [-0.39, 0.29) is 70.5 Å². The van der Waals surface area contributed by atoms with Crippen molar-refractivity contribution in [1.82, 2.24) is 92.7 Å². The van der Waals surface area contributed by atoms with Crippen LogP contribution in [0.25, 0.3) is 21.5 Å². The number of aromatic nitrogens is 8. The van der Waals surface area contributed by atoms with Crippen LogP contribution in [0.1, 0.15) is 126 Å². The second-order valence-corrected chi connectivity index (χ2v) is 31.4. The van der Waals surface area contributed by atoms with Crippen molar-refractivity contribution in [2.45, 2.75) is 180 Å². The van der Waals surface area contributed by atoms with Gasteiger partial charge in [-0.1, -0.05) is 161 Å². The van der Waals surface area contributed by atoms with Crippen LogP contribution in [0.5, 0.6) is 11.5 Å². The Hall–Kier alpha value is -12.2. The fourth-order valence-corrected chi connectivity index (χ4v) is 14.3. The summed E-state index contributed by atoms with van der Waals surface area (Å²) in [5.41, 5.74) is 0.306. The van der Waals surface area contributed by atoms with Crippen LogP contribution in [0.2, 0.25) is 0 Å². The maximum Gasteiger partial charge on any atom is 0.383 e. The number of amides is 8. The van der Waals surface area contributed by atoms with Gasteiger partial charge < -0.3 is 71.4 Å². The molecular formula is C81H96N18O14. The van der Waals surface area contributed by atoms with Crippen LogP contribution in [0.3, 0.4) is 0 Å². The van der Waals surface area contributed by atoms with Crippen molar-refractivity contribution < 1.29 is 62.3 Å². The molecular weight excluding hydrogens is 1450 g/mol. The third kappa shape index (κ3) is 19.4. The summed E-state index contributed by atoms with van der Waals surface area (Å²) >= 11 is 0. The molecule has 9 aromatic rings. The molecule has 9 heterocycles. The van der Waals surface area contributed by atoms with Gasteiger partial charge in [0, 0.05) is 45.2 Å². The van der Waals surface area contributed by atoms with E-state index >= 15 is 24.0 Å². The molecule has 0 spiro atoms. The molecule has 113 heavy (non-hydrogen) atoms. The number of rotatable bonds is 14. The van der Waals surface area contributed by atoms with Crippen LogP contribution in [0, 0.1) is 10.8 Å². The first-order valence-corrected chi connectivity index (χ1v) is 37.7. The topological polar surface area (TPSA) is 415 Å². The lowest BCUT2D eigenvalue weighted by molar-refractivity contribution is -0.145. The Kier molecular flexibility index (Phi) is 24.6. The molecule has 6 aliphatic rings. The number of carbonyl (C=O) groups is 9. The monoisotopic (exact) mass is 1540 g/mol. The summed E-state index contributed by atoms with van der Waals surface area (Å²) in [6.45, 7) is 13.6. The van der Waals surface area contributed by atoms with Gasteiger partial charge in [0.15, 0.2) is 5.69 Å². The van der Waals surface area contributed by atoms with Gasteiger partial charge in [-0.25, -0.2) is 19.0 Å². The number of carboxylic acid groups (broad SMARTS) is 1. The molecule has 6 aliphatic heterocycles. The van der Waals surface area contributed by atoms with Crippen LogP contribution in [0.4, 0.5) is 0 Å². The van der Waals surface area contributed by atoms with Gasteiger partial charge in [-0.05, 0) is 113 Å². The van der Waals surface area contributed by atoms with Crippen LogP contribution in [-0.4, -0.2) is 190 Å². The fraction of sp³-hybridized carbons (Fsp3) is 0.420. The van der Waals surface area contributed by atoms with Gasteiger partial charge in [0.25, 0.3) is 0 Å². The quantitative estimate of drug-likeness (QED) is 0.0727. The van der Waals surface area contributed by atoms with Crippen LogP contribution >= 0.6 is 0 Å². The first-order valence-electron chi connectivity index (χ1n) is 37.7. The highest BCUT2D eigenvalue weighted by molar-refractivity contribution is 5.98. The number of hydrogen-bond donors (Lipinski definition) is 10. The van der Waals surface area contributed by atoms with Crippen molar-refractivity contribution >= 4 is 74.8 Å². The molecule has 32 heteroatoms. The summed E-state index contributed by atoms with van der Waals surface area (Å²) in [6, 6.07) is 26.8. The SMILES string of the molecule is CN[C@@H](C)C(=O)N[C@H](C(=O)N1C[C@@H]2C[C@H]1C(=O)N[C@@H](Cc1ccc3ccccc3c1)C(=O)N[C@H](C(=O)O)Cc1ccc(cc1)OCc1cn(nn1)[C@H]1C[C@@H](C(=O)N[C@@H](Cc3ccc4ccccc4c3)C(=O)N[C@H](c3n[nH]oc3=O)Cc3ccc(cc3)OCc3cn2nn3)N(C(=O)[C@@H](NC(=O)[C@H](C)NC)C(C)(C)C)C1)C(C)(C)C. The number of likely N-dealkylation sites (tertiary alicyclic amines) is 2. The zero-order valence-electron chi connectivity index (χ0n) is 64.6. The van der Waals surface area contributed by atoms with Gasteiger partial charge in [0.05, 0.1) is 42.6 Å². The summed E-state index contributed by atoms with van der Waals surface area (Å²) in [5, 5.41) is 61.7. The maximum atomic E-state index is 15.5. The van der Waals surface area contributed by atoms with E-state index in [4.69, 9.17) is 14.0 Å². The number of hydrogen-bond acceptors (Lipinski definition) is 20. The number of aliphatic carboxylic acids is 1. The average molecular weight is 1550 g/mol. The Labute approximate surface area is 651 Å². The standard InChI is InChI=1S/C81H96N18O14/c1-45(82-9)70(100)88-68(80(3,4)5)76(106)96-41-57-37-65(96)74(104)85-62(35-49-19-25-51-15-11-13-17-53(51)31-49)72(102)84-61(67-79(110)113-95-92-67)33-47-21-27-59(28-22-47)111-43-55-39-99(93-90-55)58-38-66(97(42-58)77(107)69(81(6,7)8)89-71(101)46(2)83-10)75(105)86-63(36-50-20-26-52-16-12-14-18-54(52)32-50)73(103)87-64(78(108)109)34-48-23-29-60(30-24-48)112-44-56-40-98(57)94-91-56/h11-32,39-40,45-46,57-58,61-66,68-69,82-83,95H,33-38,41-44H2,1-10H3,(H,84,102)(H,85,104)(H,86,105)(H,87,103)(H,88,100)(H,89,101)(H,108,109)/t45-,46-,57-,58-,61-,62-,63-,64-,65-,66-,68+,69+/m0/s1. The molecule has 10 N–H and O–H groups in total. The van der Waals surface area contributed by atoms with Crippen LogP contribution in [-0.2, 0) is 82.0 Å². The molecule has 12 atom stereocenters. The normalized spacial score (nSPS) is 21.4. The smallest absolute Gasteiger partial charge is 0.383 e. The second kappa shape index (κ2) is 34.6. The summed E-state index contributed by atoms with van der Waals surface area (Å²) in [6.07, 6.45) is 2.80. The molecule has 0 radical (unpaired) electrons. The zero-order valence-corrected chi connectivity index (χ0v) is 64.6. The molecule has 15 rings (SSSR count). The van der Waals surface area contributed by atoms with Crippen LogP contribution < -0.4 is 57.6 Å². The van der Waals surface area contributed by atoms with E-state index in [1.165, 1.54) is 19.2 Å². The summed E-state index contributed by atoms with van der Waals surface area (Å²) < 4.78 is 20.6. The van der Waals surface area contributed by atoms with Gasteiger partial charge in [-0.2, -0.15) is 0 Å². The molecule has 6 aromatic carbocycles. The van der Waals surface area contributed by atoms with Gasteiger partial charge in [-0.3, -0.25) is 38.4 Å². The highest BCUT2D eigenvalue weighted by atomic mass is 16.5. The predicted molar refractivity (Wildman–Crippen MR) is 414 cm³/mol. The number of carbonyl (C=O) groups excluding carboxylic acids is 8. The Morgan fingerprint density at radius 3 is 1.37 bits per heavy atom. The lowest BCUT2D eigenvalue weighted by Gasteiger charge is -2.36. The number of benzene rings is 6. The predicted octanol–water partition coefficient (Wildman–Crippen LogP) is 4.25. The molecule has 32 nitrogen and oxygen atoms in total. The van der Waals surface area contributed by atoms with Gasteiger partial charge in [-0.15, -0.1) is 20.6 Å². The minimum Gasteiger partial charge on any atom is -0.487 e. The first kappa shape index (κ1) is 80.3. The van der Waals surface area contributed by atoms with E-state index in [2.05, 4.69) is 73.5 Å². The number of H-pyrrole nitrogens is 1. The highest BCUT2D eigenvalue weighted by Gasteiger charge is 2.49. The second-order valence-electron chi connectivity index (χ2n) is 31.4. The van der Waals surface area contributed by atoms with Gasteiger partial charge in [0.1, 0.15) is 78.4 Å². The molecule has 2 saturated heterocycles.